The van der Waals surface area contributed by atoms with Crippen LogP contribution in [0, 0.1) is 11.7 Å². The van der Waals surface area contributed by atoms with Crippen molar-refractivity contribution < 1.29 is 9.18 Å². The number of benzene rings is 1. The molecule has 6 heteroatoms. The van der Waals surface area contributed by atoms with Crippen LogP contribution in [0.1, 0.15) is 80.1 Å². The van der Waals surface area contributed by atoms with E-state index in [1.54, 1.807) is 0 Å². The predicted molar refractivity (Wildman–Crippen MR) is 146 cm³/mol. The van der Waals surface area contributed by atoms with Crippen molar-refractivity contribution in [1.82, 2.24) is 4.90 Å². The van der Waals surface area contributed by atoms with E-state index in [1.807, 2.05) is 11.0 Å². The second-order valence-corrected chi connectivity index (χ2v) is 9.59. The van der Waals surface area contributed by atoms with Crippen LogP contribution in [0.15, 0.2) is 52.6 Å². The Kier molecular flexibility index (Phi) is 14.2. The van der Waals surface area contributed by atoms with Crippen molar-refractivity contribution in [3.63, 3.8) is 0 Å². The van der Waals surface area contributed by atoms with Gasteiger partial charge >= 0.3 is 6.03 Å². The molecule has 2 rings (SSSR count). The van der Waals surface area contributed by atoms with Gasteiger partial charge in [0.2, 0.25) is 0 Å². The first-order valence-electron chi connectivity index (χ1n) is 12.4. The molecule has 1 aliphatic rings. The summed E-state index contributed by atoms with van der Waals surface area (Å²) in [6.07, 6.45) is 12.4. The summed E-state index contributed by atoms with van der Waals surface area (Å²) in [5.41, 5.74) is 3.04. The summed E-state index contributed by atoms with van der Waals surface area (Å²) in [5, 5.41) is 3.70. The van der Waals surface area contributed by atoms with Crippen molar-refractivity contribution in [1.29, 1.82) is 0 Å². The molecule has 0 aromatic heterocycles. The number of nitrogens with one attached hydrogen (secondary N) is 1. The van der Waals surface area contributed by atoms with Crippen LogP contribution in [0.2, 0.25) is 5.02 Å². The summed E-state index contributed by atoms with van der Waals surface area (Å²) in [5.74, 6) is 0.177. The minimum atomic E-state index is -0.481. The third-order valence-electron chi connectivity index (χ3n) is 6.10. The van der Waals surface area contributed by atoms with Crippen LogP contribution in [0.3, 0.4) is 0 Å². The Morgan fingerprint density at radius 1 is 1.29 bits per heavy atom. The van der Waals surface area contributed by atoms with Gasteiger partial charge in [-0.2, -0.15) is 0 Å². The zero-order chi connectivity index (χ0) is 25.7. The van der Waals surface area contributed by atoms with Gasteiger partial charge in [0, 0.05) is 23.3 Å². The highest BCUT2D eigenvalue weighted by molar-refractivity contribution is 6.31. The summed E-state index contributed by atoms with van der Waals surface area (Å²) >= 11 is 11.9. The number of nitrogens with zero attached hydrogens (tertiary/aromatic N) is 1. The third-order valence-corrected chi connectivity index (χ3v) is 6.80. The van der Waals surface area contributed by atoms with Gasteiger partial charge in [-0.25, -0.2) is 9.18 Å². The lowest BCUT2D eigenvalue weighted by Crippen LogP contribution is -2.47. The van der Waals surface area contributed by atoms with E-state index in [2.05, 4.69) is 59.0 Å². The Morgan fingerprint density at radius 3 is 2.56 bits per heavy atom. The molecule has 1 heterocycles. The zero-order valence-corrected chi connectivity index (χ0v) is 23.1. The molecule has 0 spiro atoms. The van der Waals surface area contributed by atoms with Crippen LogP contribution in [0.5, 0.6) is 0 Å². The zero-order valence-electron chi connectivity index (χ0n) is 21.6. The Hall–Kier alpha value is -1.78. The number of hydrogen-bond acceptors (Lipinski definition) is 1. The van der Waals surface area contributed by atoms with E-state index in [0.717, 1.165) is 50.1 Å². The highest BCUT2D eigenvalue weighted by atomic mass is 35.5. The fourth-order valence-electron chi connectivity index (χ4n) is 4.08. The molecule has 0 saturated carbocycles. The SMILES string of the molecule is CCCC1CC(C)CCN1C(=O)Nc1ccc(F)c(Cl)c1.C\C=C(CC)/C(C)=C(Cl)\C=C\CC. The van der Waals surface area contributed by atoms with Crippen LogP contribution in [0.25, 0.3) is 0 Å². The van der Waals surface area contributed by atoms with Gasteiger partial charge in [-0.1, -0.05) is 69.5 Å². The smallest absolute Gasteiger partial charge is 0.322 e. The maximum Gasteiger partial charge on any atom is 0.322 e. The van der Waals surface area contributed by atoms with Crippen LogP contribution in [0.4, 0.5) is 14.9 Å². The molecule has 1 aromatic rings. The first-order chi connectivity index (χ1) is 16.2. The normalized spacial score (nSPS) is 19.4. The molecule has 34 heavy (non-hydrogen) atoms. The molecule has 2 unspecified atom stereocenters. The number of rotatable bonds is 7. The van der Waals surface area contributed by atoms with Gasteiger partial charge in [-0.15, -0.1) is 0 Å². The Labute approximate surface area is 216 Å². The number of carbonyl (C=O) groups excluding carboxylic acids is 1. The molecular formula is C28H41Cl2FN2O. The molecular weight excluding hydrogens is 470 g/mol. The summed E-state index contributed by atoms with van der Waals surface area (Å²) < 4.78 is 13.1. The molecule has 1 aromatic carbocycles. The van der Waals surface area contributed by atoms with Gasteiger partial charge in [0.1, 0.15) is 5.82 Å². The molecule has 1 aliphatic heterocycles. The van der Waals surface area contributed by atoms with E-state index in [9.17, 15) is 9.18 Å². The highest BCUT2D eigenvalue weighted by Crippen LogP contribution is 2.27. The quantitative estimate of drug-likeness (QED) is 0.363. The molecule has 190 valence electrons. The standard InChI is InChI=1S/C16H22ClFN2O.C12H19Cl/c1-3-4-13-9-11(2)7-8-20(13)16(21)19-12-5-6-15(18)14(17)10-12;1-5-8-9-12(13)10(4)11(6-2)7-3/h5-6,10-11,13H,3-4,7-9H2,1-2H3,(H,19,21);6,8-9H,5,7H2,1-4H3/b;9-8+,11-6-,12-10+. The molecule has 0 aliphatic carbocycles. The van der Waals surface area contributed by atoms with E-state index < -0.39 is 5.82 Å². The minimum Gasteiger partial charge on any atom is -0.322 e. The molecule has 2 atom stereocenters. The van der Waals surface area contributed by atoms with Crippen molar-refractivity contribution >= 4 is 34.9 Å². The van der Waals surface area contributed by atoms with Crippen LogP contribution in [-0.4, -0.2) is 23.5 Å². The monoisotopic (exact) mass is 510 g/mol. The van der Waals surface area contributed by atoms with Crippen molar-refractivity contribution in [3.8, 4) is 0 Å². The lowest BCUT2D eigenvalue weighted by Gasteiger charge is -2.38. The molecule has 2 amide bonds. The van der Waals surface area contributed by atoms with E-state index in [-0.39, 0.29) is 17.1 Å². The van der Waals surface area contributed by atoms with Gasteiger partial charge in [0.05, 0.1) is 5.02 Å². The average molecular weight is 512 g/mol. The van der Waals surface area contributed by atoms with Gasteiger partial charge in [0.25, 0.3) is 0 Å². The van der Waals surface area contributed by atoms with Crippen molar-refractivity contribution in [2.24, 2.45) is 5.92 Å². The van der Waals surface area contributed by atoms with Gasteiger partial charge in [0.15, 0.2) is 0 Å². The van der Waals surface area contributed by atoms with Gasteiger partial charge < -0.3 is 10.2 Å². The maximum atomic E-state index is 13.1. The van der Waals surface area contributed by atoms with Gasteiger partial charge in [-0.3, -0.25) is 0 Å². The largest absolute Gasteiger partial charge is 0.322 e. The van der Waals surface area contributed by atoms with Crippen LogP contribution >= 0.6 is 23.2 Å². The number of carbonyl (C=O) groups is 1. The first kappa shape index (κ1) is 30.3. The molecule has 3 nitrogen and oxygen atoms in total. The average Bonchev–Trinajstić information content (AvgIpc) is 2.81. The predicted octanol–water partition coefficient (Wildman–Crippen LogP) is 9.73. The first-order valence-corrected chi connectivity index (χ1v) is 13.1. The summed E-state index contributed by atoms with van der Waals surface area (Å²) in [6, 6.07) is 4.40. The van der Waals surface area contributed by atoms with E-state index in [0.29, 0.717) is 11.6 Å². The van der Waals surface area contributed by atoms with E-state index in [4.69, 9.17) is 23.2 Å². The molecule has 0 bridgehead atoms. The lowest BCUT2D eigenvalue weighted by atomic mass is 9.90. The number of likely N-dealkylation sites (tertiary alicyclic amines) is 1. The van der Waals surface area contributed by atoms with Crippen molar-refractivity contribution in [3.05, 3.63) is 63.4 Å². The van der Waals surface area contributed by atoms with Gasteiger partial charge in [-0.05, 0) is 87.3 Å². The number of allylic oxidation sites excluding steroid dienone is 6. The number of urea groups is 1. The second-order valence-electron chi connectivity index (χ2n) is 8.78. The number of amides is 2. The number of anilines is 1. The van der Waals surface area contributed by atoms with Crippen molar-refractivity contribution in [2.75, 3.05) is 11.9 Å². The molecule has 1 fully saturated rings. The second kappa shape index (κ2) is 16.0. The number of hydrogen-bond donors (Lipinski definition) is 1. The van der Waals surface area contributed by atoms with E-state index in [1.165, 1.54) is 29.3 Å². The lowest BCUT2D eigenvalue weighted by molar-refractivity contribution is 0.136. The van der Waals surface area contributed by atoms with Crippen LogP contribution < -0.4 is 5.32 Å². The molecule has 0 radical (unpaired) electrons. The Bertz CT molecular complexity index is 879. The Morgan fingerprint density at radius 2 is 2.00 bits per heavy atom. The summed E-state index contributed by atoms with van der Waals surface area (Å²) in [7, 11) is 0. The summed E-state index contributed by atoms with van der Waals surface area (Å²) in [4.78, 5) is 14.3. The highest BCUT2D eigenvalue weighted by Gasteiger charge is 2.29. The van der Waals surface area contributed by atoms with Crippen molar-refractivity contribution in [2.45, 2.75) is 86.1 Å². The number of halogens is 3. The molecule has 1 N–H and O–H groups in total. The third kappa shape index (κ3) is 9.84. The maximum absolute atomic E-state index is 13.1. The minimum absolute atomic E-state index is 0.0187. The number of piperidine rings is 1. The fourth-order valence-corrected chi connectivity index (χ4v) is 4.47. The summed E-state index contributed by atoms with van der Waals surface area (Å²) in [6.45, 7) is 13.5. The van der Waals surface area contributed by atoms with E-state index >= 15 is 0 Å². The topological polar surface area (TPSA) is 32.3 Å². The Balaban J connectivity index is 0.000000385. The van der Waals surface area contributed by atoms with Crippen LogP contribution in [-0.2, 0) is 0 Å². The molecule has 1 saturated heterocycles. The fraction of sp³-hybridized carbons (Fsp3) is 0.536.